The highest BCUT2D eigenvalue weighted by molar-refractivity contribution is 7.15. The molecule has 2 N–H and O–H groups in total. The molecule has 5 nitrogen and oxygen atoms in total. The number of thiazole rings is 1. The summed E-state index contributed by atoms with van der Waals surface area (Å²) in [7, 11) is 0. The number of nitrogen functional groups attached to an aromatic ring is 1. The smallest absolute Gasteiger partial charge is 0.222 e. The summed E-state index contributed by atoms with van der Waals surface area (Å²) in [5.41, 5.74) is 5.69. The number of aromatic nitrogens is 1. The highest BCUT2D eigenvalue weighted by Crippen LogP contribution is 2.28. The van der Waals surface area contributed by atoms with Crippen molar-refractivity contribution in [1.29, 1.82) is 0 Å². The predicted octanol–water partition coefficient (Wildman–Crippen LogP) is 2.34. The minimum absolute atomic E-state index is 0.371. The molecular formula is C16H26N4OS. The van der Waals surface area contributed by atoms with Gasteiger partial charge in [0.25, 0.3) is 0 Å². The fourth-order valence-corrected chi connectivity index (χ4v) is 4.31. The summed E-state index contributed by atoms with van der Waals surface area (Å²) in [5.74, 6) is 1.02. The van der Waals surface area contributed by atoms with Crippen LogP contribution >= 0.6 is 11.3 Å². The number of hydrogen-bond acceptors (Lipinski definition) is 5. The summed E-state index contributed by atoms with van der Waals surface area (Å²) in [5, 5.41) is 0.637. The molecule has 0 spiro atoms. The van der Waals surface area contributed by atoms with E-state index in [2.05, 4.69) is 14.8 Å². The molecule has 6 heteroatoms. The van der Waals surface area contributed by atoms with Crippen LogP contribution in [0.3, 0.4) is 0 Å². The standard InChI is InChI=1S/C16H26N4OS/c17-16-18-11-14(22-16)12-19-6-3-7-20(9-8-19)15(21)10-13-4-1-2-5-13/h11,13H,1-10,12H2,(H2,17,18). The van der Waals surface area contributed by atoms with Crippen molar-refractivity contribution in [1.82, 2.24) is 14.8 Å². The van der Waals surface area contributed by atoms with E-state index in [4.69, 9.17) is 5.73 Å². The van der Waals surface area contributed by atoms with E-state index in [0.29, 0.717) is 17.0 Å². The van der Waals surface area contributed by atoms with Crippen LogP contribution in [0, 0.1) is 5.92 Å². The van der Waals surface area contributed by atoms with E-state index in [-0.39, 0.29) is 0 Å². The van der Waals surface area contributed by atoms with Gasteiger partial charge in [0.15, 0.2) is 5.13 Å². The third-order valence-electron chi connectivity index (χ3n) is 4.83. The second kappa shape index (κ2) is 7.42. The summed E-state index contributed by atoms with van der Waals surface area (Å²) >= 11 is 1.56. The van der Waals surface area contributed by atoms with Crippen molar-refractivity contribution in [3.63, 3.8) is 0 Å². The van der Waals surface area contributed by atoms with Crippen molar-refractivity contribution < 1.29 is 4.79 Å². The first-order chi connectivity index (χ1) is 10.7. The summed E-state index contributed by atoms with van der Waals surface area (Å²) < 4.78 is 0. The molecule has 22 heavy (non-hydrogen) atoms. The number of carbonyl (C=O) groups is 1. The van der Waals surface area contributed by atoms with Gasteiger partial charge in [-0.1, -0.05) is 12.8 Å². The van der Waals surface area contributed by atoms with E-state index in [1.807, 2.05) is 6.20 Å². The Morgan fingerprint density at radius 2 is 2.05 bits per heavy atom. The van der Waals surface area contributed by atoms with Gasteiger partial charge in [-0.2, -0.15) is 0 Å². The molecule has 1 saturated heterocycles. The van der Waals surface area contributed by atoms with Crippen LogP contribution < -0.4 is 5.73 Å². The fraction of sp³-hybridized carbons (Fsp3) is 0.750. The van der Waals surface area contributed by atoms with Crippen molar-refractivity contribution in [3.8, 4) is 0 Å². The van der Waals surface area contributed by atoms with Gasteiger partial charge >= 0.3 is 0 Å². The highest BCUT2D eigenvalue weighted by atomic mass is 32.1. The minimum atomic E-state index is 0.371. The Kier molecular flexibility index (Phi) is 5.31. The van der Waals surface area contributed by atoms with Gasteiger partial charge in [0, 0.05) is 50.2 Å². The Morgan fingerprint density at radius 1 is 1.23 bits per heavy atom. The molecule has 1 amide bonds. The molecule has 1 aliphatic heterocycles. The lowest BCUT2D eigenvalue weighted by Crippen LogP contribution is -2.35. The van der Waals surface area contributed by atoms with Gasteiger partial charge in [-0.05, 0) is 25.2 Å². The molecule has 122 valence electrons. The number of nitrogens with zero attached hydrogens (tertiary/aromatic N) is 3. The molecule has 1 aliphatic carbocycles. The van der Waals surface area contributed by atoms with Gasteiger partial charge in [0.2, 0.25) is 5.91 Å². The normalized spacial score (nSPS) is 21.2. The lowest BCUT2D eigenvalue weighted by atomic mass is 10.0. The topological polar surface area (TPSA) is 62.5 Å². The highest BCUT2D eigenvalue weighted by Gasteiger charge is 2.24. The van der Waals surface area contributed by atoms with E-state index < -0.39 is 0 Å². The first-order valence-electron chi connectivity index (χ1n) is 8.41. The van der Waals surface area contributed by atoms with Gasteiger partial charge in [-0.25, -0.2) is 4.98 Å². The maximum Gasteiger partial charge on any atom is 0.222 e. The number of hydrogen-bond donors (Lipinski definition) is 1. The van der Waals surface area contributed by atoms with Crippen LogP contribution in [0.4, 0.5) is 5.13 Å². The van der Waals surface area contributed by atoms with Gasteiger partial charge < -0.3 is 10.6 Å². The molecule has 2 fully saturated rings. The number of amides is 1. The SMILES string of the molecule is Nc1ncc(CN2CCCN(C(=O)CC3CCCC3)CC2)s1. The Balaban J connectivity index is 1.47. The zero-order valence-corrected chi connectivity index (χ0v) is 14.0. The molecule has 2 aliphatic rings. The van der Waals surface area contributed by atoms with E-state index in [1.54, 1.807) is 11.3 Å². The van der Waals surface area contributed by atoms with Crippen molar-refractivity contribution in [2.75, 3.05) is 31.9 Å². The van der Waals surface area contributed by atoms with Crippen LogP contribution in [0.15, 0.2) is 6.20 Å². The molecule has 0 radical (unpaired) electrons. The van der Waals surface area contributed by atoms with Gasteiger partial charge in [-0.3, -0.25) is 9.69 Å². The third-order valence-corrected chi connectivity index (χ3v) is 5.64. The Labute approximate surface area is 136 Å². The van der Waals surface area contributed by atoms with Crippen LogP contribution in [0.1, 0.15) is 43.4 Å². The lowest BCUT2D eigenvalue weighted by Gasteiger charge is -2.23. The maximum absolute atomic E-state index is 12.5. The predicted molar refractivity (Wildman–Crippen MR) is 89.6 cm³/mol. The number of carbonyl (C=O) groups excluding carboxylic acids is 1. The van der Waals surface area contributed by atoms with E-state index in [0.717, 1.165) is 45.6 Å². The molecule has 0 unspecified atom stereocenters. The van der Waals surface area contributed by atoms with Crippen LogP contribution in [0.2, 0.25) is 0 Å². The zero-order chi connectivity index (χ0) is 15.4. The average Bonchev–Trinajstić information content (AvgIpc) is 3.07. The summed E-state index contributed by atoms with van der Waals surface area (Å²) in [6, 6.07) is 0. The van der Waals surface area contributed by atoms with Crippen LogP contribution in [-0.2, 0) is 11.3 Å². The molecular weight excluding hydrogens is 296 g/mol. The lowest BCUT2D eigenvalue weighted by molar-refractivity contribution is -0.132. The number of rotatable bonds is 4. The van der Waals surface area contributed by atoms with E-state index in [9.17, 15) is 4.79 Å². The molecule has 0 bridgehead atoms. The van der Waals surface area contributed by atoms with Crippen molar-refractivity contribution in [2.24, 2.45) is 5.92 Å². The van der Waals surface area contributed by atoms with Gasteiger partial charge in [0.1, 0.15) is 0 Å². The van der Waals surface area contributed by atoms with E-state index >= 15 is 0 Å². The van der Waals surface area contributed by atoms with Gasteiger partial charge in [0.05, 0.1) is 0 Å². The van der Waals surface area contributed by atoms with Crippen molar-refractivity contribution in [3.05, 3.63) is 11.1 Å². The Bertz CT molecular complexity index is 498. The number of anilines is 1. The van der Waals surface area contributed by atoms with Crippen molar-refractivity contribution in [2.45, 2.75) is 45.1 Å². The quantitative estimate of drug-likeness (QED) is 0.924. The molecule has 1 aromatic rings. The maximum atomic E-state index is 12.5. The van der Waals surface area contributed by atoms with Gasteiger partial charge in [-0.15, -0.1) is 11.3 Å². The Hall–Kier alpha value is -1.14. The monoisotopic (exact) mass is 322 g/mol. The largest absolute Gasteiger partial charge is 0.375 e. The van der Waals surface area contributed by atoms with Crippen molar-refractivity contribution >= 4 is 22.4 Å². The first kappa shape index (κ1) is 15.7. The number of nitrogens with two attached hydrogens (primary N) is 1. The molecule has 3 rings (SSSR count). The first-order valence-corrected chi connectivity index (χ1v) is 9.22. The molecule has 0 atom stereocenters. The Morgan fingerprint density at radius 3 is 2.77 bits per heavy atom. The van der Waals surface area contributed by atoms with E-state index in [1.165, 1.54) is 30.6 Å². The molecule has 1 aromatic heterocycles. The summed E-state index contributed by atoms with van der Waals surface area (Å²) in [6.45, 7) is 4.67. The fourth-order valence-electron chi connectivity index (χ4n) is 3.59. The summed E-state index contributed by atoms with van der Waals surface area (Å²) in [4.78, 5) is 22.3. The molecule has 1 saturated carbocycles. The second-order valence-electron chi connectivity index (χ2n) is 6.53. The third kappa shape index (κ3) is 4.20. The zero-order valence-electron chi connectivity index (χ0n) is 13.2. The minimum Gasteiger partial charge on any atom is -0.375 e. The molecule has 0 aromatic carbocycles. The summed E-state index contributed by atoms with van der Waals surface area (Å²) in [6.07, 6.45) is 8.81. The second-order valence-corrected chi connectivity index (χ2v) is 7.68. The average molecular weight is 322 g/mol. The van der Waals surface area contributed by atoms with Crippen LogP contribution in [0.5, 0.6) is 0 Å². The van der Waals surface area contributed by atoms with Crippen LogP contribution in [-0.4, -0.2) is 46.9 Å². The molecule has 2 heterocycles. The van der Waals surface area contributed by atoms with Crippen LogP contribution in [0.25, 0.3) is 0 Å².